The van der Waals surface area contributed by atoms with E-state index < -0.39 is 17.8 Å². The first-order chi connectivity index (χ1) is 11.6. The number of carboxylic acid groups (broad SMARTS) is 1. The lowest BCUT2D eigenvalue weighted by Gasteiger charge is -2.11. The van der Waals surface area contributed by atoms with E-state index in [0.29, 0.717) is 11.3 Å². The van der Waals surface area contributed by atoms with Gasteiger partial charge in [0.25, 0.3) is 11.8 Å². The molecule has 0 fully saturated rings. The van der Waals surface area contributed by atoms with Crippen molar-refractivity contribution in [2.45, 2.75) is 6.42 Å². The maximum atomic E-state index is 12.2. The Morgan fingerprint density at radius 1 is 1.08 bits per heavy atom. The molecule has 24 heavy (non-hydrogen) atoms. The van der Waals surface area contributed by atoms with Crippen molar-refractivity contribution in [3.63, 3.8) is 0 Å². The summed E-state index contributed by atoms with van der Waals surface area (Å²) in [7, 11) is 0. The number of benzene rings is 1. The summed E-state index contributed by atoms with van der Waals surface area (Å²) in [4.78, 5) is 34.8. The fraction of sp³-hybridized carbons (Fsp3) is 0.118. The molecule has 0 aliphatic heterocycles. The molecule has 2 rings (SSSR count). The summed E-state index contributed by atoms with van der Waals surface area (Å²) in [5.74, 6) is -2.01. The highest BCUT2D eigenvalue weighted by Gasteiger charge is 2.14. The number of hydrogen-bond donors (Lipinski definition) is 2. The zero-order valence-electron chi connectivity index (χ0n) is 12.7. The molecule has 1 aromatic carbocycles. The van der Waals surface area contributed by atoms with E-state index in [1.54, 1.807) is 42.5 Å². The molecule has 2 amide bonds. The zero-order valence-corrected chi connectivity index (χ0v) is 12.7. The minimum absolute atomic E-state index is 0.0582. The summed E-state index contributed by atoms with van der Waals surface area (Å²) in [6.45, 7) is -0.113. The van der Waals surface area contributed by atoms with Gasteiger partial charge < -0.3 is 25.0 Å². The van der Waals surface area contributed by atoms with E-state index in [1.165, 1.54) is 12.3 Å². The van der Waals surface area contributed by atoms with Crippen LogP contribution < -0.4 is 15.7 Å². The molecule has 0 aliphatic carbocycles. The minimum Gasteiger partial charge on any atom is -0.550 e. The Morgan fingerprint density at radius 3 is 2.46 bits per heavy atom. The average molecular weight is 327 g/mol. The summed E-state index contributed by atoms with van der Waals surface area (Å²) in [5.41, 5.74) is 0.322. The fourth-order valence-electron chi connectivity index (χ4n) is 1.83. The summed E-state index contributed by atoms with van der Waals surface area (Å²) in [5, 5.41) is 15.3. The first kappa shape index (κ1) is 17.0. The van der Waals surface area contributed by atoms with Gasteiger partial charge in [-0.15, -0.1) is 0 Å². The van der Waals surface area contributed by atoms with Crippen LogP contribution in [0.25, 0.3) is 6.08 Å². The second-order valence-electron chi connectivity index (χ2n) is 4.77. The van der Waals surface area contributed by atoms with Crippen LogP contribution >= 0.6 is 0 Å². The van der Waals surface area contributed by atoms with Crippen LogP contribution in [-0.4, -0.2) is 24.3 Å². The average Bonchev–Trinajstić information content (AvgIpc) is 3.07. The van der Waals surface area contributed by atoms with Gasteiger partial charge >= 0.3 is 0 Å². The second-order valence-corrected chi connectivity index (χ2v) is 4.77. The third-order valence-corrected chi connectivity index (χ3v) is 2.97. The van der Waals surface area contributed by atoms with Crippen molar-refractivity contribution in [1.29, 1.82) is 0 Å². The van der Waals surface area contributed by atoms with Crippen molar-refractivity contribution in [1.82, 2.24) is 10.6 Å². The third-order valence-electron chi connectivity index (χ3n) is 2.97. The number of carbonyl (C=O) groups excluding carboxylic acids is 3. The molecule has 1 aromatic heterocycles. The molecule has 0 unspecified atom stereocenters. The molecule has 0 aliphatic rings. The molecule has 7 nitrogen and oxygen atoms in total. The number of hydrogen-bond acceptors (Lipinski definition) is 5. The van der Waals surface area contributed by atoms with Crippen LogP contribution in [0.3, 0.4) is 0 Å². The van der Waals surface area contributed by atoms with Gasteiger partial charge in [0.2, 0.25) is 0 Å². The van der Waals surface area contributed by atoms with Gasteiger partial charge in [0.1, 0.15) is 11.5 Å². The molecule has 0 spiro atoms. The lowest BCUT2D eigenvalue weighted by Crippen LogP contribution is -2.37. The zero-order chi connectivity index (χ0) is 17.4. The Balaban J connectivity index is 2.12. The van der Waals surface area contributed by atoms with Gasteiger partial charge in [-0.3, -0.25) is 9.59 Å². The summed E-state index contributed by atoms with van der Waals surface area (Å²) < 4.78 is 5.13. The highest BCUT2D eigenvalue weighted by atomic mass is 16.4. The van der Waals surface area contributed by atoms with E-state index in [2.05, 4.69) is 10.6 Å². The van der Waals surface area contributed by atoms with Gasteiger partial charge in [0.15, 0.2) is 0 Å². The van der Waals surface area contributed by atoms with Crippen molar-refractivity contribution in [2.24, 2.45) is 0 Å². The van der Waals surface area contributed by atoms with E-state index in [0.717, 1.165) is 0 Å². The first-order valence-electron chi connectivity index (χ1n) is 7.16. The molecule has 1 heterocycles. The van der Waals surface area contributed by atoms with Crippen molar-refractivity contribution >= 4 is 23.9 Å². The molecular weight excluding hydrogens is 312 g/mol. The quantitative estimate of drug-likeness (QED) is 0.711. The van der Waals surface area contributed by atoms with Crippen LogP contribution in [0.1, 0.15) is 22.5 Å². The van der Waals surface area contributed by atoms with Gasteiger partial charge in [-0.05, 0) is 24.3 Å². The smallest absolute Gasteiger partial charge is 0.267 e. The molecule has 2 N–H and O–H groups in total. The Labute approximate surface area is 138 Å². The largest absolute Gasteiger partial charge is 0.550 e. The van der Waals surface area contributed by atoms with Crippen LogP contribution in [0.2, 0.25) is 0 Å². The van der Waals surface area contributed by atoms with Crippen LogP contribution in [0.5, 0.6) is 0 Å². The van der Waals surface area contributed by atoms with Gasteiger partial charge in [-0.1, -0.05) is 18.2 Å². The Kier molecular flexibility index (Phi) is 5.90. The third kappa shape index (κ3) is 5.13. The Morgan fingerprint density at radius 2 is 1.83 bits per heavy atom. The number of nitrogens with one attached hydrogen (secondary N) is 2. The van der Waals surface area contributed by atoms with Crippen molar-refractivity contribution in [3.8, 4) is 0 Å². The summed E-state index contributed by atoms with van der Waals surface area (Å²) in [6.07, 6.45) is 2.46. The highest BCUT2D eigenvalue weighted by Crippen LogP contribution is 2.07. The van der Waals surface area contributed by atoms with Gasteiger partial charge in [0.05, 0.1) is 6.26 Å². The van der Waals surface area contributed by atoms with Crippen molar-refractivity contribution in [2.75, 3.05) is 6.54 Å². The van der Waals surface area contributed by atoms with Crippen LogP contribution in [0.15, 0.2) is 58.8 Å². The van der Waals surface area contributed by atoms with Gasteiger partial charge in [-0.25, -0.2) is 0 Å². The van der Waals surface area contributed by atoms with Crippen LogP contribution in [0.4, 0.5) is 0 Å². The van der Waals surface area contributed by atoms with E-state index in [4.69, 9.17) is 4.42 Å². The SMILES string of the molecule is O=C([O-])CCNC(=O)/C(=C\c1ccco1)NC(=O)c1ccccc1. The maximum absolute atomic E-state index is 12.2. The number of carbonyl (C=O) groups is 3. The lowest BCUT2D eigenvalue weighted by molar-refractivity contribution is -0.305. The minimum atomic E-state index is -1.28. The second kappa shape index (κ2) is 8.33. The number of carboxylic acids is 1. The molecule has 2 aromatic rings. The lowest BCUT2D eigenvalue weighted by atomic mass is 10.2. The summed E-state index contributed by atoms with van der Waals surface area (Å²) >= 11 is 0. The Bertz CT molecular complexity index is 736. The number of rotatable bonds is 7. The van der Waals surface area contributed by atoms with E-state index >= 15 is 0 Å². The standard InChI is InChI=1S/C17H16N2O5/c20-15(21)8-9-18-17(23)14(11-13-7-4-10-24-13)19-16(22)12-5-2-1-3-6-12/h1-7,10-11H,8-9H2,(H,18,23)(H,19,22)(H,20,21)/p-1/b14-11+. The predicted octanol–water partition coefficient (Wildman–Crippen LogP) is 0.307. The first-order valence-corrected chi connectivity index (χ1v) is 7.16. The summed E-state index contributed by atoms with van der Waals surface area (Å²) in [6, 6.07) is 11.6. The van der Waals surface area contributed by atoms with E-state index in [9.17, 15) is 19.5 Å². The normalized spacial score (nSPS) is 10.9. The van der Waals surface area contributed by atoms with Crippen LogP contribution in [-0.2, 0) is 9.59 Å². The van der Waals surface area contributed by atoms with Gasteiger partial charge in [0, 0.05) is 30.6 Å². The fourth-order valence-corrected chi connectivity index (χ4v) is 1.83. The molecule has 7 heteroatoms. The molecule has 0 saturated heterocycles. The molecule has 0 radical (unpaired) electrons. The van der Waals surface area contributed by atoms with Gasteiger partial charge in [-0.2, -0.15) is 0 Å². The van der Waals surface area contributed by atoms with Crippen molar-refractivity contribution in [3.05, 3.63) is 65.7 Å². The topological polar surface area (TPSA) is 111 Å². The van der Waals surface area contributed by atoms with E-state index in [1.807, 2.05) is 0 Å². The Hall–Kier alpha value is -3.35. The highest BCUT2D eigenvalue weighted by molar-refractivity contribution is 6.05. The number of furan rings is 1. The molecule has 124 valence electrons. The molecular formula is C17H15N2O5-. The van der Waals surface area contributed by atoms with Crippen LogP contribution in [0, 0.1) is 0 Å². The number of amides is 2. The molecule has 0 bridgehead atoms. The molecule has 0 saturated carbocycles. The predicted molar refractivity (Wildman–Crippen MR) is 83.2 cm³/mol. The molecule has 0 atom stereocenters. The van der Waals surface area contributed by atoms with Crippen molar-refractivity contribution < 1.29 is 23.9 Å². The maximum Gasteiger partial charge on any atom is 0.267 e. The monoisotopic (exact) mass is 327 g/mol. The van der Waals surface area contributed by atoms with E-state index in [-0.39, 0.29) is 18.7 Å². The number of aliphatic carboxylic acids is 1.